The van der Waals surface area contributed by atoms with Crippen molar-refractivity contribution in [2.45, 2.75) is 67.3 Å². The Balaban J connectivity index is 1.47. The molecule has 2 amide bonds. The predicted octanol–water partition coefficient (Wildman–Crippen LogP) is 6.84. The molecule has 174 valence electrons. The Morgan fingerprint density at radius 2 is 1.56 bits per heavy atom. The van der Waals surface area contributed by atoms with E-state index in [0.717, 1.165) is 33.9 Å². The van der Waals surface area contributed by atoms with E-state index in [0.29, 0.717) is 17.7 Å². The number of hydrogen-bond acceptors (Lipinski definition) is 3. The molecule has 1 aliphatic heterocycles. The summed E-state index contributed by atoms with van der Waals surface area (Å²) < 4.78 is 0. The van der Waals surface area contributed by atoms with E-state index in [2.05, 4.69) is 5.32 Å². The molecule has 1 fully saturated rings. The van der Waals surface area contributed by atoms with Crippen molar-refractivity contribution in [2.75, 3.05) is 4.90 Å². The van der Waals surface area contributed by atoms with E-state index in [1.165, 1.54) is 32.1 Å². The second-order valence-corrected chi connectivity index (χ2v) is 10.3. The van der Waals surface area contributed by atoms with E-state index >= 15 is 0 Å². The zero-order chi connectivity index (χ0) is 23.3. The molecule has 0 spiro atoms. The molecular formula is C29H30N2O2S. The van der Waals surface area contributed by atoms with Crippen molar-refractivity contribution in [3.8, 4) is 0 Å². The number of hydrogen-bond donors (Lipinski definition) is 1. The van der Waals surface area contributed by atoms with Crippen LogP contribution in [-0.2, 0) is 6.54 Å². The van der Waals surface area contributed by atoms with Crippen LogP contribution in [0.5, 0.6) is 0 Å². The first kappa shape index (κ1) is 22.7. The van der Waals surface area contributed by atoms with Crippen LogP contribution < -0.4 is 10.2 Å². The summed E-state index contributed by atoms with van der Waals surface area (Å²) in [6, 6.07) is 23.8. The minimum absolute atomic E-state index is 0.0386. The Labute approximate surface area is 205 Å². The van der Waals surface area contributed by atoms with E-state index in [1.54, 1.807) is 11.8 Å². The van der Waals surface area contributed by atoms with Gasteiger partial charge in [-0.2, -0.15) is 0 Å². The maximum absolute atomic E-state index is 13.7. The molecular weight excluding hydrogens is 440 g/mol. The third-order valence-electron chi connectivity index (χ3n) is 6.72. The summed E-state index contributed by atoms with van der Waals surface area (Å²) >= 11 is 1.59. The molecule has 1 heterocycles. The van der Waals surface area contributed by atoms with Crippen molar-refractivity contribution >= 4 is 29.3 Å². The minimum atomic E-state index is -0.0488. The smallest absolute Gasteiger partial charge is 0.259 e. The van der Waals surface area contributed by atoms with Crippen molar-refractivity contribution in [3.05, 3.63) is 89.5 Å². The highest BCUT2D eigenvalue weighted by Gasteiger charge is 2.28. The van der Waals surface area contributed by atoms with Crippen LogP contribution in [0.2, 0.25) is 0 Å². The predicted molar refractivity (Wildman–Crippen MR) is 138 cm³/mol. The van der Waals surface area contributed by atoms with Gasteiger partial charge in [0.15, 0.2) is 0 Å². The van der Waals surface area contributed by atoms with E-state index < -0.39 is 0 Å². The van der Waals surface area contributed by atoms with Crippen LogP contribution in [0.4, 0.5) is 5.69 Å². The molecule has 1 N–H and O–H groups in total. The lowest BCUT2D eigenvalue weighted by molar-refractivity contribution is 0.0928. The summed E-state index contributed by atoms with van der Waals surface area (Å²) in [6.07, 6.45) is 8.23. The first-order valence-electron chi connectivity index (χ1n) is 12.3. The van der Waals surface area contributed by atoms with Crippen LogP contribution in [0.3, 0.4) is 0 Å². The van der Waals surface area contributed by atoms with Gasteiger partial charge in [-0.25, -0.2) is 0 Å². The quantitative estimate of drug-likeness (QED) is 0.454. The molecule has 3 aromatic carbocycles. The van der Waals surface area contributed by atoms with Gasteiger partial charge >= 0.3 is 0 Å². The van der Waals surface area contributed by atoms with Gasteiger partial charge in [0.2, 0.25) is 0 Å². The molecule has 4 nitrogen and oxygen atoms in total. The highest BCUT2D eigenvalue weighted by Crippen LogP contribution is 2.42. The Hall–Kier alpha value is -3.05. The van der Waals surface area contributed by atoms with E-state index in [1.807, 2.05) is 77.7 Å². The molecule has 0 atom stereocenters. The van der Waals surface area contributed by atoms with Crippen molar-refractivity contribution < 1.29 is 9.59 Å². The second-order valence-electron chi connectivity index (χ2n) is 9.17. The monoisotopic (exact) mass is 470 g/mol. The molecule has 0 bridgehead atoms. The zero-order valence-electron chi connectivity index (χ0n) is 19.3. The van der Waals surface area contributed by atoms with Crippen molar-refractivity contribution in [3.63, 3.8) is 0 Å². The summed E-state index contributed by atoms with van der Waals surface area (Å²) in [5, 5.41) is 3.27. The van der Waals surface area contributed by atoms with Gasteiger partial charge in [-0.1, -0.05) is 86.3 Å². The summed E-state index contributed by atoms with van der Waals surface area (Å²) in [4.78, 5) is 30.7. The molecule has 0 radical (unpaired) electrons. The third kappa shape index (κ3) is 5.05. The molecule has 0 saturated heterocycles. The first-order chi connectivity index (χ1) is 16.7. The molecule has 1 saturated carbocycles. The SMILES string of the molecule is O=C(NC1CCCCCCC1)c1ccc2c(c1)N(Cc1ccccc1)C(=O)c1ccccc1S2. The van der Waals surface area contributed by atoms with Gasteiger partial charge in [0, 0.05) is 21.4 Å². The van der Waals surface area contributed by atoms with Gasteiger partial charge in [0.25, 0.3) is 11.8 Å². The van der Waals surface area contributed by atoms with E-state index in [4.69, 9.17) is 0 Å². The number of fused-ring (bicyclic) bond motifs is 2. The summed E-state index contributed by atoms with van der Waals surface area (Å²) in [7, 11) is 0. The standard InChI is InChI=1S/C29H30N2O2S/c32-28(30-23-13-7-2-1-3-8-14-23)22-17-18-27-25(19-22)31(20-21-11-5-4-6-12-21)29(33)24-15-9-10-16-26(24)34-27/h4-6,9-12,15-19,23H,1-3,7-8,13-14,20H2,(H,30,32). The number of nitrogens with zero attached hydrogens (tertiary/aromatic N) is 1. The molecule has 1 aliphatic carbocycles. The number of rotatable bonds is 4. The second kappa shape index (κ2) is 10.5. The molecule has 3 aromatic rings. The van der Waals surface area contributed by atoms with Gasteiger partial charge in [-0.3, -0.25) is 9.59 Å². The lowest BCUT2D eigenvalue weighted by Gasteiger charge is -2.24. The fourth-order valence-electron chi connectivity index (χ4n) is 4.85. The lowest BCUT2D eigenvalue weighted by atomic mass is 9.96. The van der Waals surface area contributed by atoms with Gasteiger partial charge in [-0.05, 0) is 48.7 Å². The average Bonchev–Trinajstić information content (AvgIpc) is 2.95. The van der Waals surface area contributed by atoms with Gasteiger partial charge in [-0.15, -0.1) is 0 Å². The van der Waals surface area contributed by atoms with Crippen LogP contribution in [0, 0.1) is 0 Å². The van der Waals surface area contributed by atoms with Crippen LogP contribution in [0.25, 0.3) is 0 Å². The Morgan fingerprint density at radius 3 is 2.35 bits per heavy atom. The number of carbonyl (C=O) groups is 2. The Bertz CT molecular complexity index is 1170. The van der Waals surface area contributed by atoms with Gasteiger partial charge < -0.3 is 10.2 Å². The van der Waals surface area contributed by atoms with Crippen LogP contribution >= 0.6 is 11.8 Å². The van der Waals surface area contributed by atoms with Crippen molar-refractivity contribution in [1.82, 2.24) is 5.32 Å². The van der Waals surface area contributed by atoms with Crippen LogP contribution in [-0.4, -0.2) is 17.9 Å². The fraction of sp³-hybridized carbons (Fsp3) is 0.310. The van der Waals surface area contributed by atoms with Crippen LogP contribution in [0.15, 0.2) is 82.6 Å². The molecule has 0 aromatic heterocycles. The van der Waals surface area contributed by atoms with E-state index in [-0.39, 0.29) is 17.9 Å². The summed E-state index contributed by atoms with van der Waals surface area (Å²) in [5.41, 5.74) is 3.15. The Kier molecular flexibility index (Phi) is 7.00. The summed E-state index contributed by atoms with van der Waals surface area (Å²) in [5.74, 6) is -0.0875. The number of amides is 2. The van der Waals surface area contributed by atoms with Gasteiger partial charge in [0.1, 0.15) is 0 Å². The normalized spacial score (nSPS) is 16.6. The third-order valence-corrected chi connectivity index (χ3v) is 7.86. The molecule has 5 rings (SSSR count). The maximum Gasteiger partial charge on any atom is 0.259 e. The zero-order valence-corrected chi connectivity index (χ0v) is 20.2. The van der Waals surface area contributed by atoms with Crippen molar-refractivity contribution in [1.29, 1.82) is 0 Å². The first-order valence-corrected chi connectivity index (χ1v) is 13.1. The van der Waals surface area contributed by atoms with Crippen LogP contribution in [0.1, 0.15) is 71.2 Å². The van der Waals surface area contributed by atoms with Gasteiger partial charge in [0.05, 0.1) is 17.8 Å². The average molecular weight is 471 g/mol. The number of nitrogens with one attached hydrogen (secondary N) is 1. The highest BCUT2D eigenvalue weighted by molar-refractivity contribution is 7.99. The largest absolute Gasteiger partial charge is 0.349 e. The number of benzene rings is 3. The maximum atomic E-state index is 13.7. The lowest BCUT2D eigenvalue weighted by Crippen LogP contribution is -2.35. The molecule has 5 heteroatoms. The highest BCUT2D eigenvalue weighted by atomic mass is 32.2. The molecule has 2 aliphatic rings. The minimum Gasteiger partial charge on any atom is -0.349 e. The number of anilines is 1. The van der Waals surface area contributed by atoms with Crippen molar-refractivity contribution in [2.24, 2.45) is 0 Å². The summed E-state index contributed by atoms with van der Waals surface area (Å²) in [6.45, 7) is 0.454. The van der Waals surface area contributed by atoms with E-state index in [9.17, 15) is 9.59 Å². The Morgan fingerprint density at radius 1 is 0.853 bits per heavy atom. The fourth-order valence-corrected chi connectivity index (χ4v) is 5.91. The number of carbonyl (C=O) groups excluding carboxylic acids is 2. The topological polar surface area (TPSA) is 49.4 Å². The molecule has 34 heavy (non-hydrogen) atoms. The molecule has 0 unspecified atom stereocenters.